The van der Waals surface area contributed by atoms with Gasteiger partial charge in [0.25, 0.3) is 0 Å². The Kier molecular flexibility index (Phi) is 4.93. The van der Waals surface area contributed by atoms with Gasteiger partial charge in [-0.2, -0.15) is 0 Å². The Hall–Kier alpha value is -0.700. The molecule has 0 spiro atoms. The monoisotopic (exact) mass is 312 g/mol. The smallest absolute Gasteiger partial charge is 0.161 e. The first-order valence-corrected chi connectivity index (χ1v) is 7.62. The average Bonchev–Trinajstić information content (AvgIpc) is 2.60. The molecule has 1 aromatic rings. The molecular formula is C15H21BrO2. The predicted octanol–water partition coefficient (Wildman–Crippen LogP) is 4.72. The Morgan fingerprint density at radius 3 is 2.56 bits per heavy atom. The van der Waals surface area contributed by atoms with Gasteiger partial charge in [-0.05, 0) is 36.5 Å². The number of benzene rings is 1. The Morgan fingerprint density at radius 2 is 1.83 bits per heavy atom. The first-order valence-electron chi connectivity index (χ1n) is 6.70. The fourth-order valence-corrected chi connectivity index (χ4v) is 2.57. The van der Waals surface area contributed by atoms with E-state index in [1.165, 1.54) is 12.0 Å². The summed E-state index contributed by atoms with van der Waals surface area (Å²) in [6.07, 6.45) is 3.33. The molecule has 0 radical (unpaired) electrons. The maximum atomic E-state index is 5.72. The topological polar surface area (TPSA) is 18.5 Å². The summed E-state index contributed by atoms with van der Waals surface area (Å²) in [5, 5.41) is 0. The van der Waals surface area contributed by atoms with E-state index in [0.717, 1.165) is 43.5 Å². The zero-order chi connectivity index (χ0) is 13.0. The fraction of sp³-hybridized carbons (Fsp3) is 0.600. The highest BCUT2D eigenvalue weighted by molar-refractivity contribution is 9.09. The number of ether oxygens (including phenoxy) is 2. The standard InChI is InChI=1S/C15H21BrO2/c1-11(2)4-6-13(16)12-5-7-14-15(10-12)18-9-3-8-17-14/h5,7,10-11,13H,3-4,6,8-9H2,1-2H3. The maximum Gasteiger partial charge on any atom is 0.161 e. The molecule has 1 aliphatic rings. The van der Waals surface area contributed by atoms with E-state index < -0.39 is 0 Å². The van der Waals surface area contributed by atoms with Crippen LogP contribution in [0, 0.1) is 5.92 Å². The van der Waals surface area contributed by atoms with Crippen molar-refractivity contribution in [3.8, 4) is 11.5 Å². The van der Waals surface area contributed by atoms with E-state index >= 15 is 0 Å². The van der Waals surface area contributed by atoms with Crippen LogP contribution in [0.25, 0.3) is 0 Å². The second kappa shape index (κ2) is 6.46. The van der Waals surface area contributed by atoms with Crippen LogP contribution in [0.4, 0.5) is 0 Å². The lowest BCUT2D eigenvalue weighted by Gasteiger charge is -2.14. The third kappa shape index (κ3) is 3.64. The van der Waals surface area contributed by atoms with E-state index in [4.69, 9.17) is 9.47 Å². The summed E-state index contributed by atoms with van der Waals surface area (Å²) in [5.41, 5.74) is 1.28. The zero-order valence-corrected chi connectivity index (χ0v) is 12.7. The van der Waals surface area contributed by atoms with E-state index in [2.05, 4.69) is 41.9 Å². The second-order valence-electron chi connectivity index (χ2n) is 5.20. The third-order valence-electron chi connectivity index (χ3n) is 3.13. The van der Waals surface area contributed by atoms with Gasteiger partial charge >= 0.3 is 0 Å². The molecule has 1 unspecified atom stereocenters. The van der Waals surface area contributed by atoms with Gasteiger partial charge in [-0.25, -0.2) is 0 Å². The molecule has 2 nitrogen and oxygen atoms in total. The minimum Gasteiger partial charge on any atom is -0.490 e. The summed E-state index contributed by atoms with van der Waals surface area (Å²) in [6, 6.07) is 6.27. The van der Waals surface area contributed by atoms with Crippen LogP contribution < -0.4 is 9.47 Å². The highest BCUT2D eigenvalue weighted by Gasteiger charge is 2.14. The Bertz CT molecular complexity index is 390. The van der Waals surface area contributed by atoms with Crippen LogP contribution in [0.2, 0.25) is 0 Å². The summed E-state index contributed by atoms with van der Waals surface area (Å²) in [6.45, 7) is 6.01. The molecule has 1 aromatic carbocycles. The number of fused-ring (bicyclic) bond motifs is 1. The van der Waals surface area contributed by atoms with Crippen molar-refractivity contribution in [3.63, 3.8) is 0 Å². The predicted molar refractivity (Wildman–Crippen MR) is 77.8 cm³/mol. The molecule has 0 amide bonds. The summed E-state index contributed by atoms with van der Waals surface area (Å²) in [4.78, 5) is 0.400. The molecule has 100 valence electrons. The molecule has 3 heteroatoms. The fourth-order valence-electron chi connectivity index (χ4n) is 2.02. The molecule has 0 bridgehead atoms. The number of halogens is 1. The number of hydrogen-bond acceptors (Lipinski definition) is 2. The minimum absolute atomic E-state index is 0.400. The van der Waals surface area contributed by atoms with Crippen LogP contribution in [0.5, 0.6) is 11.5 Å². The molecule has 0 N–H and O–H groups in total. The van der Waals surface area contributed by atoms with Gasteiger partial charge in [0.2, 0.25) is 0 Å². The van der Waals surface area contributed by atoms with Crippen LogP contribution in [0.15, 0.2) is 18.2 Å². The lowest BCUT2D eigenvalue weighted by Crippen LogP contribution is -1.97. The zero-order valence-electron chi connectivity index (χ0n) is 11.1. The van der Waals surface area contributed by atoms with Gasteiger partial charge in [0, 0.05) is 11.2 Å². The summed E-state index contributed by atoms with van der Waals surface area (Å²) < 4.78 is 11.4. The highest BCUT2D eigenvalue weighted by atomic mass is 79.9. The summed E-state index contributed by atoms with van der Waals surface area (Å²) in [5.74, 6) is 2.50. The van der Waals surface area contributed by atoms with Gasteiger partial charge in [-0.3, -0.25) is 0 Å². The van der Waals surface area contributed by atoms with Crippen molar-refractivity contribution in [3.05, 3.63) is 23.8 Å². The van der Waals surface area contributed by atoms with E-state index in [1.54, 1.807) is 0 Å². The van der Waals surface area contributed by atoms with Crippen LogP contribution >= 0.6 is 15.9 Å². The van der Waals surface area contributed by atoms with E-state index in [9.17, 15) is 0 Å². The van der Waals surface area contributed by atoms with Gasteiger partial charge in [0.1, 0.15) is 0 Å². The Labute approximate surface area is 118 Å². The van der Waals surface area contributed by atoms with Crippen molar-refractivity contribution in [2.24, 2.45) is 5.92 Å². The largest absolute Gasteiger partial charge is 0.490 e. The molecule has 1 aliphatic heterocycles. The number of rotatable bonds is 4. The van der Waals surface area contributed by atoms with Crippen molar-refractivity contribution < 1.29 is 9.47 Å². The van der Waals surface area contributed by atoms with Crippen molar-refractivity contribution >= 4 is 15.9 Å². The lowest BCUT2D eigenvalue weighted by molar-refractivity contribution is 0.297. The molecule has 0 aromatic heterocycles. The first-order chi connectivity index (χ1) is 8.66. The van der Waals surface area contributed by atoms with Crippen LogP contribution in [-0.2, 0) is 0 Å². The van der Waals surface area contributed by atoms with Gasteiger partial charge < -0.3 is 9.47 Å². The third-order valence-corrected chi connectivity index (χ3v) is 4.12. The van der Waals surface area contributed by atoms with Crippen molar-refractivity contribution in [2.75, 3.05) is 13.2 Å². The number of hydrogen-bond donors (Lipinski definition) is 0. The van der Waals surface area contributed by atoms with Crippen LogP contribution in [0.1, 0.15) is 43.5 Å². The molecule has 1 heterocycles. The molecule has 0 fully saturated rings. The molecule has 0 aliphatic carbocycles. The van der Waals surface area contributed by atoms with Gasteiger partial charge in [0.05, 0.1) is 13.2 Å². The van der Waals surface area contributed by atoms with E-state index in [0.29, 0.717) is 4.83 Å². The first kappa shape index (κ1) is 13.7. The molecule has 18 heavy (non-hydrogen) atoms. The molecule has 0 saturated heterocycles. The normalized spacial score (nSPS) is 16.4. The van der Waals surface area contributed by atoms with Gasteiger partial charge in [0.15, 0.2) is 11.5 Å². The van der Waals surface area contributed by atoms with Crippen LogP contribution in [0.3, 0.4) is 0 Å². The minimum atomic E-state index is 0.400. The SMILES string of the molecule is CC(C)CCC(Br)c1ccc2c(c1)OCCCO2. The highest BCUT2D eigenvalue weighted by Crippen LogP contribution is 2.36. The molecular weight excluding hydrogens is 292 g/mol. The quantitative estimate of drug-likeness (QED) is 0.749. The molecule has 1 atom stereocenters. The second-order valence-corrected chi connectivity index (χ2v) is 6.30. The average molecular weight is 313 g/mol. The lowest BCUT2D eigenvalue weighted by atomic mass is 10.0. The summed E-state index contributed by atoms with van der Waals surface area (Å²) in [7, 11) is 0. The van der Waals surface area contributed by atoms with Crippen molar-refractivity contribution in [2.45, 2.75) is 37.9 Å². The van der Waals surface area contributed by atoms with Crippen molar-refractivity contribution in [1.82, 2.24) is 0 Å². The van der Waals surface area contributed by atoms with E-state index in [-0.39, 0.29) is 0 Å². The van der Waals surface area contributed by atoms with E-state index in [1.807, 2.05) is 6.07 Å². The number of alkyl halides is 1. The van der Waals surface area contributed by atoms with Gasteiger partial charge in [-0.15, -0.1) is 0 Å². The van der Waals surface area contributed by atoms with Crippen molar-refractivity contribution in [1.29, 1.82) is 0 Å². The van der Waals surface area contributed by atoms with Gasteiger partial charge in [-0.1, -0.05) is 35.8 Å². The van der Waals surface area contributed by atoms with Crippen LogP contribution in [-0.4, -0.2) is 13.2 Å². The Morgan fingerprint density at radius 1 is 1.11 bits per heavy atom. The summed E-state index contributed by atoms with van der Waals surface area (Å²) >= 11 is 3.77. The Balaban J connectivity index is 2.07. The maximum absolute atomic E-state index is 5.72. The molecule has 2 rings (SSSR count). The molecule has 0 saturated carbocycles.